The Bertz CT molecular complexity index is 1550. The van der Waals surface area contributed by atoms with Gasteiger partial charge >= 0.3 is 12.1 Å². The number of ether oxygens (including phenoxy) is 2. The molecule has 242 valence electrons. The van der Waals surface area contributed by atoms with Gasteiger partial charge in [-0.3, -0.25) is 9.59 Å². The molecule has 0 bridgehead atoms. The fourth-order valence-electron chi connectivity index (χ4n) is 6.84. The summed E-state index contributed by atoms with van der Waals surface area (Å²) in [6.07, 6.45) is 2.65. The Labute approximate surface area is 270 Å². The molecule has 1 unspecified atom stereocenters. The van der Waals surface area contributed by atoms with Gasteiger partial charge in [-0.1, -0.05) is 112 Å². The minimum absolute atomic E-state index is 0.109. The van der Waals surface area contributed by atoms with Gasteiger partial charge in [0.15, 0.2) is 0 Å². The maximum Gasteiger partial charge on any atom is 0.407 e. The van der Waals surface area contributed by atoms with Crippen molar-refractivity contribution in [3.63, 3.8) is 0 Å². The summed E-state index contributed by atoms with van der Waals surface area (Å²) in [6, 6.07) is 25.5. The zero-order chi connectivity index (χ0) is 33.0. The molecule has 2 aliphatic carbocycles. The number of hydrogen-bond acceptors (Lipinski definition) is 6. The van der Waals surface area contributed by atoms with Gasteiger partial charge in [0.1, 0.15) is 24.2 Å². The number of carbonyl (C=O) groups is 4. The highest BCUT2D eigenvalue weighted by Gasteiger charge is 2.53. The van der Waals surface area contributed by atoms with Crippen LogP contribution in [0.3, 0.4) is 0 Å². The molecule has 3 aromatic rings. The van der Waals surface area contributed by atoms with Crippen molar-refractivity contribution < 1.29 is 28.7 Å². The number of amides is 3. The average molecular weight is 626 g/mol. The van der Waals surface area contributed by atoms with Gasteiger partial charge in [0.05, 0.1) is 7.11 Å². The summed E-state index contributed by atoms with van der Waals surface area (Å²) in [6.45, 7) is 5.08. The van der Waals surface area contributed by atoms with Gasteiger partial charge in [0.25, 0.3) is 0 Å². The number of benzene rings is 3. The van der Waals surface area contributed by atoms with Crippen LogP contribution in [0.1, 0.15) is 75.5 Å². The predicted octanol–water partition coefficient (Wildman–Crippen LogP) is 5.37. The number of hydrogen-bond donors (Lipinski definition) is 3. The van der Waals surface area contributed by atoms with E-state index in [1.54, 1.807) is 6.92 Å². The molecule has 2 aliphatic rings. The van der Waals surface area contributed by atoms with Crippen molar-refractivity contribution in [1.82, 2.24) is 16.0 Å². The van der Waals surface area contributed by atoms with E-state index >= 15 is 0 Å². The highest BCUT2D eigenvalue weighted by molar-refractivity contribution is 5.97. The number of esters is 1. The molecule has 3 aromatic carbocycles. The van der Waals surface area contributed by atoms with Crippen LogP contribution >= 0.6 is 0 Å². The molecule has 5 rings (SSSR count). The summed E-state index contributed by atoms with van der Waals surface area (Å²) in [5.74, 6) is -1.70. The van der Waals surface area contributed by atoms with Crippen LogP contribution in [0, 0.1) is 0 Å². The van der Waals surface area contributed by atoms with E-state index < -0.39 is 46.9 Å². The minimum atomic E-state index is -1.52. The Morgan fingerprint density at radius 2 is 1.37 bits per heavy atom. The highest BCUT2D eigenvalue weighted by atomic mass is 16.5. The first kappa shape index (κ1) is 32.7. The summed E-state index contributed by atoms with van der Waals surface area (Å²) >= 11 is 0. The quantitative estimate of drug-likeness (QED) is 0.261. The van der Waals surface area contributed by atoms with Crippen molar-refractivity contribution in [2.24, 2.45) is 0 Å². The van der Waals surface area contributed by atoms with Gasteiger partial charge in [-0.05, 0) is 47.6 Å². The topological polar surface area (TPSA) is 123 Å². The van der Waals surface area contributed by atoms with E-state index in [1.165, 1.54) is 7.11 Å². The molecule has 1 fully saturated rings. The van der Waals surface area contributed by atoms with Crippen molar-refractivity contribution >= 4 is 23.9 Å². The lowest BCUT2D eigenvalue weighted by molar-refractivity contribution is -0.154. The van der Waals surface area contributed by atoms with Crippen molar-refractivity contribution in [3.8, 4) is 11.1 Å². The van der Waals surface area contributed by atoms with Crippen LogP contribution < -0.4 is 16.0 Å². The second-order valence-electron chi connectivity index (χ2n) is 12.9. The van der Waals surface area contributed by atoms with E-state index in [0.717, 1.165) is 47.1 Å². The molecule has 0 aromatic heterocycles. The van der Waals surface area contributed by atoms with E-state index in [2.05, 4.69) is 28.1 Å². The molecule has 1 saturated carbocycles. The molecule has 0 aliphatic heterocycles. The summed E-state index contributed by atoms with van der Waals surface area (Å²) in [4.78, 5) is 53.5. The summed E-state index contributed by atoms with van der Waals surface area (Å²) in [7, 11) is 1.31. The third-order valence-corrected chi connectivity index (χ3v) is 9.96. The molecular formula is C37H43N3O6. The van der Waals surface area contributed by atoms with Gasteiger partial charge in [0, 0.05) is 11.3 Å². The van der Waals surface area contributed by atoms with Crippen LogP contribution in [0.4, 0.5) is 4.79 Å². The van der Waals surface area contributed by atoms with Crippen molar-refractivity contribution in [3.05, 3.63) is 95.6 Å². The molecule has 0 spiro atoms. The van der Waals surface area contributed by atoms with E-state index in [4.69, 9.17) is 9.47 Å². The number of methoxy groups -OCH3 is 1. The molecule has 1 atom stereocenters. The Balaban J connectivity index is 1.29. The summed E-state index contributed by atoms with van der Waals surface area (Å²) < 4.78 is 10.7. The Hall–Kier alpha value is -4.66. The second-order valence-corrected chi connectivity index (χ2v) is 12.9. The van der Waals surface area contributed by atoms with Crippen LogP contribution in [0.15, 0.2) is 78.9 Å². The van der Waals surface area contributed by atoms with Crippen LogP contribution in [0.2, 0.25) is 0 Å². The molecular weight excluding hydrogens is 582 g/mol. The number of nitrogens with one attached hydrogen (secondary N) is 3. The SMILES string of the molecule is COC(=O)C1(NC(=O)C(C)(NC(=O)CNC(=O)OCC2c3ccccc3-c3ccccc32)C(C)(C)c2ccccc2)CCCCC1. The molecule has 3 N–H and O–H groups in total. The zero-order valence-electron chi connectivity index (χ0n) is 27.0. The lowest BCUT2D eigenvalue weighted by Crippen LogP contribution is -2.70. The average Bonchev–Trinajstić information content (AvgIpc) is 3.40. The van der Waals surface area contributed by atoms with E-state index in [-0.39, 0.29) is 12.5 Å². The van der Waals surface area contributed by atoms with Crippen molar-refractivity contribution in [1.29, 1.82) is 0 Å². The Kier molecular flexibility index (Phi) is 9.51. The highest BCUT2D eigenvalue weighted by Crippen LogP contribution is 2.44. The predicted molar refractivity (Wildman–Crippen MR) is 175 cm³/mol. The molecule has 0 saturated heterocycles. The number of carbonyl (C=O) groups excluding carboxylic acids is 4. The minimum Gasteiger partial charge on any atom is -0.467 e. The fraction of sp³-hybridized carbons (Fsp3) is 0.405. The molecule has 3 amide bonds. The third-order valence-electron chi connectivity index (χ3n) is 9.96. The first-order chi connectivity index (χ1) is 22.0. The summed E-state index contributed by atoms with van der Waals surface area (Å²) in [5, 5.41) is 8.44. The molecule has 9 nitrogen and oxygen atoms in total. The largest absolute Gasteiger partial charge is 0.467 e. The molecule has 9 heteroatoms. The first-order valence-corrected chi connectivity index (χ1v) is 15.9. The van der Waals surface area contributed by atoms with Crippen molar-refractivity contribution in [2.45, 2.75) is 75.3 Å². The van der Waals surface area contributed by atoms with Gasteiger partial charge < -0.3 is 25.4 Å². The van der Waals surface area contributed by atoms with Gasteiger partial charge in [-0.25, -0.2) is 9.59 Å². The normalized spacial score (nSPS) is 16.6. The second kappa shape index (κ2) is 13.4. The maximum absolute atomic E-state index is 14.3. The Morgan fingerprint density at radius 3 is 1.96 bits per heavy atom. The van der Waals surface area contributed by atoms with Gasteiger partial charge in [-0.15, -0.1) is 0 Å². The molecule has 46 heavy (non-hydrogen) atoms. The van der Waals surface area contributed by atoms with Crippen LogP contribution in [-0.2, 0) is 29.3 Å². The zero-order valence-corrected chi connectivity index (χ0v) is 27.0. The van der Waals surface area contributed by atoms with Gasteiger partial charge in [0.2, 0.25) is 11.8 Å². The molecule has 0 radical (unpaired) electrons. The number of alkyl carbamates (subject to hydrolysis) is 1. The first-order valence-electron chi connectivity index (χ1n) is 15.9. The van der Waals surface area contributed by atoms with Crippen LogP contribution in [0.5, 0.6) is 0 Å². The monoisotopic (exact) mass is 625 g/mol. The third kappa shape index (κ3) is 6.23. The van der Waals surface area contributed by atoms with E-state index in [1.807, 2.05) is 80.6 Å². The number of fused-ring (bicyclic) bond motifs is 3. The van der Waals surface area contributed by atoms with E-state index in [0.29, 0.717) is 12.8 Å². The standard InChI is InChI=1S/C37H43N3O6/c1-35(2,25-15-7-5-8-16-25)36(3,32(42)40-37(33(43)45-4)21-13-6-14-22-37)39-31(41)23-38-34(44)46-24-30-28-19-11-9-17-26(28)27-18-10-12-20-29(27)30/h5,7-12,15-20,30H,6,13-14,21-24H2,1-4H3,(H,38,44)(H,39,41)(H,40,42). The van der Waals surface area contributed by atoms with Crippen LogP contribution in [0.25, 0.3) is 11.1 Å². The number of rotatable bonds is 10. The summed E-state index contributed by atoms with van der Waals surface area (Å²) in [5.41, 5.74) is 1.59. The molecule has 0 heterocycles. The van der Waals surface area contributed by atoms with Crippen LogP contribution in [-0.4, -0.2) is 55.2 Å². The lowest BCUT2D eigenvalue weighted by Gasteiger charge is -2.46. The van der Waals surface area contributed by atoms with Crippen molar-refractivity contribution in [2.75, 3.05) is 20.3 Å². The maximum atomic E-state index is 14.3. The fourth-order valence-corrected chi connectivity index (χ4v) is 6.84. The lowest BCUT2D eigenvalue weighted by atomic mass is 9.67. The smallest absolute Gasteiger partial charge is 0.407 e. The Morgan fingerprint density at radius 1 is 0.804 bits per heavy atom. The van der Waals surface area contributed by atoms with Gasteiger partial charge in [-0.2, -0.15) is 0 Å². The van der Waals surface area contributed by atoms with E-state index in [9.17, 15) is 19.2 Å².